The molecule has 27 heavy (non-hydrogen) atoms. The number of ether oxygens (including phenoxy) is 2. The third kappa shape index (κ3) is 4.34. The van der Waals surface area contributed by atoms with Gasteiger partial charge in [-0.15, -0.1) is 0 Å². The maximum Gasteiger partial charge on any atom is 0.387 e. The molecule has 4 nitrogen and oxygen atoms in total. The number of amides is 1. The van der Waals surface area contributed by atoms with Crippen molar-refractivity contribution in [3.63, 3.8) is 0 Å². The zero-order valence-electron chi connectivity index (χ0n) is 15.0. The summed E-state index contributed by atoms with van der Waals surface area (Å²) in [4.78, 5) is 14.2. The van der Waals surface area contributed by atoms with Crippen LogP contribution in [0.5, 0.6) is 11.5 Å². The van der Waals surface area contributed by atoms with Crippen molar-refractivity contribution >= 4 is 16.7 Å². The van der Waals surface area contributed by atoms with Crippen LogP contribution in [-0.2, 0) is 6.54 Å². The van der Waals surface area contributed by atoms with E-state index in [2.05, 4.69) is 4.74 Å². The molecular formula is C21H19F2NO3. The number of carbonyl (C=O) groups is 1. The highest BCUT2D eigenvalue weighted by atomic mass is 19.3. The van der Waals surface area contributed by atoms with E-state index >= 15 is 0 Å². The Morgan fingerprint density at radius 3 is 2.48 bits per heavy atom. The second kappa shape index (κ2) is 8.03. The lowest BCUT2D eigenvalue weighted by atomic mass is 10.1. The van der Waals surface area contributed by atoms with Gasteiger partial charge < -0.3 is 14.4 Å². The molecule has 6 heteroatoms. The molecule has 1 amide bonds. The summed E-state index contributed by atoms with van der Waals surface area (Å²) in [5.74, 6) is 0.259. The van der Waals surface area contributed by atoms with Gasteiger partial charge in [0.1, 0.15) is 11.5 Å². The average Bonchev–Trinajstić information content (AvgIpc) is 2.67. The highest BCUT2D eigenvalue weighted by molar-refractivity contribution is 5.96. The second-order valence-corrected chi connectivity index (χ2v) is 6.08. The molecule has 0 aliphatic carbocycles. The van der Waals surface area contributed by atoms with Crippen LogP contribution in [0.3, 0.4) is 0 Å². The molecule has 0 radical (unpaired) electrons. The zero-order valence-corrected chi connectivity index (χ0v) is 15.0. The fourth-order valence-electron chi connectivity index (χ4n) is 2.89. The first kappa shape index (κ1) is 18.6. The normalized spacial score (nSPS) is 10.9. The molecule has 0 atom stereocenters. The van der Waals surface area contributed by atoms with Gasteiger partial charge in [0.25, 0.3) is 5.91 Å². The number of rotatable bonds is 6. The van der Waals surface area contributed by atoms with Crippen molar-refractivity contribution in [3.8, 4) is 11.5 Å². The number of nitrogens with zero attached hydrogens (tertiary/aromatic N) is 1. The first-order valence-electron chi connectivity index (χ1n) is 8.34. The summed E-state index contributed by atoms with van der Waals surface area (Å²) in [5, 5.41) is 2.05. The SMILES string of the molecule is COc1ccc2cc(CN(C)C(=O)c3ccccc3OC(F)F)ccc2c1. The van der Waals surface area contributed by atoms with Gasteiger partial charge in [-0.3, -0.25) is 4.79 Å². The Morgan fingerprint density at radius 2 is 1.74 bits per heavy atom. The minimum Gasteiger partial charge on any atom is -0.497 e. The topological polar surface area (TPSA) is 38.8 Å². The Kier molecular flexibility index (Phi) is 5.54. The number of methoxy groups -OCH3 is 1. The molecule has 0 aromatic heterocycles. The first-order valence-corrected chi connectivity index (χ1v) is 8.34. The first-order chi connectivity index (χ1) is 13.0. The number of halogens is 2. The number of fused-ring (bicyclic) bond motifs is 1. The fraction of sp³-hybridized carbons (Fsp3) is 0.190. The lowest BCUT2D eigenvalue weighted by Crippen LogP contribution is -2.27. The predicted molar refractivity (Wildman–Crippen MR) is 99.4 cm³/mol. The standard InChI is InChI=1S/C21H19F2NO3/c1-24(20(25)18-5-3-4-6-19(18)27-21(22)23)13-14-7-8-16-12-17(26-2)10-9-15(16)11-14/h3-12,21H,13H2,1-2H3. The van der Waals surface area contributed by atoms with E-state index in [1.165, 1.54) is 17.0 Å². The molecule has 0 heterocycles. The van der Waals surface area contributed by atoms with Crippen LogP contribution in [0.1, 0.15) is 15.9 Å². The van der Waals surface area contributed by atoms with Crippen LogP contribution in [0.15, 0.2) is 60.7 Å². The number of alkyl halides is 2. The van der Waals surface area contributed by atoms with Crippen molar-refractivity contribution in [1.82, 2.24) is 4.90 Å². The maximum atomic E-state index is 12.7. The Morgan fingerprint density at radius 1 is 1.04 bits per heavy atom. The van der Waals surface area contributed by atoms with Crippen LogP contribution in [0, 0.1) is 0 Å². The molecule has 140 valence electrons. The van der Waals surface area contributed by atoms with Gasteiger partial charge in [0, 0.05) is 13.6 Å². The number of benzene rings is 3. The third-order valence-corrected chi connectivity index (χ3v) is 4.21. The van der Waals surface area contributed by atoms with Crippen LogP contribution in [-0.4, -0.2) is 31.6 Å². The molecule has 0 saturated carbocycles. The van der Waals surface area contributed by atoms with Gasteiger partial charge in [0.2, 0.25) is 0 Å². The molecule has 0 fully saturated rings. The third-order valence-electron chi connectivity index (χ3n) is 4.21. The van der Waals surface area contributed by atoms with Crippen molar-refractivity contribution in [1.29, 1.82) is 0 Å². The molecule has 0 aliphatic heterocycles. The summed E-state index contributed by atoms with van der Waals surface area (Å²) in [6.45, 7) is -2.65. The molecule has 3 rings (SSSR count). The van der Waals surface area contributed by atoms with Crippen LogP contribution < -0.4 is 9.47 Å². The van der Waals surface area contributed by atoms with Gasteiger partial charge in [0.05, 0.1) is 12.7 Å². The number of carbonyl (C=O) groups excluding carboxylic acids is 1. The van der Waals surface area contributed by atoms with Crippen molar-refractivity contribution < 1.29 is 23.0 Å². The van der Waals surface area contributed by atoms with Crippen LogP contribution >= 0.6 is 0 Å². The van der Waals surface area contributed by atoms with E-state index in [0.717, 1.165) is 22.1 Å². The summed E-state index contributed by atoms with van der Waals surface area (Å²) in [7, 11) is 3.24. The molecule has 0 aliphatic rings. The molecule has 0 unspecified atom stereocenters. The number of hydrogen-bond donors (Lipinski definition) is 0. The summed E-state index contributed by atoms with van der Waals surface area (Å²) < 4.78 is 34.8. The highest BCUT2D eigenvalue weighted by Gasteiger charge is 2.19. The molecule has 3 aromatic carbocycles. The Bertz CT molecular complexity index is 959. The van der Waals surface area contributed by atoms with Gasteiger partial charge in [-0.25, -0.2) is 0 Å². The van der Waals surface area contributed by atoms with E-state index in [1.54, 1.807) is 26.3 Å². The van der Waals surface area contributed by atoms with Crippen molar-refractivity contribution in [2.75, 3.05) is 14.2 Å². The smallest absolute Gasteiger partial charge is 0.387 e. The average molecular weight is 371 g/mol. The van der Waals surface area contributed by atoms with Crippen LogP contribution in [0.25, 0.3) is 10.8 Å². The van der Waals surface area contributed by atoms with E-state index in [4.69, 9.17) is 4.74 Å². The van der Waals surface area contributed by atoms with Gasteiger partial charge in [-0.1, -0.05) is 30.3 Å². The van der Waals surface area contributed by atoms with Crippen molar-refractivity contribution in [2.24, 2.45) is 0 Å². The minimum atomic E-state index is -2.98. The van der Waals surface area contributed by atoms with E-state index in [1.807, 2.05) is 36.4 Å². The number of para-hydroxylation sites is 1. The van der Waals surface area contributed by atoms with Crippen LogP contribution in [0.4, 0.5) is 8.78 Å². The van der Waals surface area contributed by atoms with Gasteiger partial charge >= 0.3 is 6.61 Å². The highest BCUT2D eigenvalue weighted by Crippen LogP contribution is 2.24. The van der Waals surface area contributed by atoms with Crippen LogP contribution in [0.2, 0.25) is 0 Å². The summed E-state index contributed by atoms with van der Waals surface area (Å²) >= 11 is 0. The largest absolute Gasteiger partial charge is 0.497 e. The molecular weight excluding hydrogens is 352 g/mol. The van der Waals surface area contributed by atoms with E-state index in [-0.39, 0.29) is 17.2 Å². The van der Waals surface area contributed by atoms with Crippen molar-refractivity contribution in [2.45, 2.75) is 13.2 Å². The fourth-order valence-corrected chi connectivity index (χ4v) is 2.89. The van der Waals surface area contributed by atoms with Gasteiger partial charge in [-0.05, 0) is 46.7 Å². The molecule has 0 N–H and O–H groups in total. The quantitative estimate of drug-likeness (QED) is 0.629. The van der Waals surface area contributed by atoms with Gasteiger partial charge in [-0.2, -0.15) is 8.78 Å². The molecule has 0 bridgehead atoms. The monoisotopic (exact) mass is 371 g/mol. The summed E-state index contributed by atoms with van der Waals surface area (Å²) in [6, 6.07) is 17.6. The van der Waals surface area contributed by atoms with E-state index in [0.29, 0.717) is 6.54 Å². The summed E-state index contributed by atoms with van der Waals surface area (Å²) in [5.41, 5.74) is 1.03. The second-order valence-electron chi connectivity index (χ2n) is 6.08. The molecule has 0 spiro atoms. The molecule has 0 saturated heterocycles. The minimum absolute atomic E-state index is 0.103. The lowest BCUT2D eigenvalue weighted by Gasteiger charge is -2.19. The Hall–Kier alpha value is -3.15. The van der Waals surface area contributed by atoms with E-state index < -0.39 is 6.61 Å². The maximum absolute atomic E-state index is 12.7. The zero-order chi connectivity index (χ0) is 19.4. The number of hydrogen-bond acceptors (Lipinski definition) is 3. The van der Waals surface area contributed by atoms with E-state index in [9.17, 15) is 13.6 Å². The van der Waals surface area contributed by atoms with Gasteiger partial charge in [0.15, 0.2) is 0 Å². The van der Waals surface area contributed by atoms with Crippen molar-refractivity contribution in [3.05, 3.63) is 71.8 Å². The Labute approximate surface area is 155 Å². The molecule has 3 aromatic rings. The summed E-state index contributed by atoms with van der Waals surface area (Å²) in [6.07, 6.45) is 0. The lowest BCUT2D eigenvalue weighted by molar-refractivity contribution is -0.0502. The Balaban J connectivity index is 1.80. The predicted octanol–water partition coefficient (Wildman–Crippen LogP) is 4.72.